The first-order valence-corrected chi connectivity index (χ1v) is 12.4. The van der Waals surface area contributed by atoms with Crippen LogP contribution < -0.4 is 20.3 Å². The predicted octanol–water partition coefficient (Wildman–Crippen LogP) is 6.05. The summed E-state index contributed by atoms with van der Waals surface area (Å²) < 4.78 is 5.75. The van der Waals surface area contributed by atoms with Crippen LogP contribution in [0.2, 0.25) is 5.02 Å². The third-order valence-corrected chi connectivity index (χ3v) is 6.38. The molecule has 190 valence electrons. The number of benzene rings is 3. The number of imide groups is 1. The lowest BCUT2D eigenvalue weighted by molar-refractivity contribution is -0.120. The van der Waals surface area contributed by atoms with Crippen LogP contribution in [-0.2, 0) is 20.8 Å². The summed E-state index contributed by atoms with van der Waals surface area (Å²) >= 11 is 12.4. The molecule has 0 spiro atoms. The lowest BCUT2D eigenvalue weighted by atomic mass is 10.1. The fourth-order valence-electron chi connectivity index (χ4n) is 3.83. The fraction of sp³-hybridized carbons (Fsp3) is 0.179. The van der Waals surface area contributed by atoms with Crippen LogP contribution in [0.5, 0.6) is 5.75 Å². The number of carbonyl (C=O) groups excluding carboxylic acids is 3. The predicted molar refractivity (Wildman–Crippen MR) is 146 cm³/mol. The number of rotatable bonds is 8. The van der Waals surface area contributed by atoms with Crippen LogP contribution >= 0.6 is 23.2 Å². The first kappa shape index (κ1) is 26.3. The molecule has 1 heterocycles. The summed E-state index contributed by atoms with van der Waals surface area (Å²) in [5.41, 5.74) is 2.84. The van der Waals surface area contributed by atoms with Crippen LogP contribution in [-0.4, -0.2) is 23.8 Å². The minimum Gasteiger partial charge on any atom is -0.489 e. The molecule has 9 heteroatoms. The van der Waals surface area contributed by atoms with Gasteiger partial charge in [0.2, 0.25) is 5.91 Å². The normalized spacial score (nSPS) is 13.4. The summed E-state index contributed by atoms with van der Waals surface area (Å²) in [6.45, 7) is 5.56. The van der Waals surface area contributed by atoms with Gasteiger partial charge in [-0.3, -0.25) is 14.4 Å². The number of hydrogen-bond acceptors (Lipinski definition) is 5. The molecule has 3 amide bonds. The monoisotopic (exact) mass is 537 g/mol. The van der Waals surface area contributed by atoms with E-state index in [4.69, 9.17) is 27.9 Å². The molecule has 0 bridgehead atoms. The maximum Gasteiger partial charge on any atom is 0.283 e. The average Bonchev–Trinajstić information content (AvgIpc) is 3.06. The van der Waals surface area contributed by atoms with Crippen LogP contribution in [0.1, 0.15) is 25.0 Å². The summed E-state index contributed by atoms with van der Waals surface area (Å²) in [5.74, 6) is -0.802. The van der Waals surface area contributed by atoms with Crippen molar-refractivity contribution in [3.8, 4) is 5.75 Å². The molecule has 4 rings (SSSR count). The molecular formula is C28H25Cl2N3O4. The van der Waals surface area contributed by atoms with E-state index in [1.165, 1.54) is 0 Å². The van der Waals surface area contributed by atoms with Gasteiger partial charge in [-0.2, -0.15) is 0 Å². The first-order valence-electron chi connectivity index (χ1n) is 11.6. The van der Waals surface area contributed by atoms with Crippen molar-refractivity contribution in [2.75, 3.05) is 15.5 Å². The van der Waals surface area contributed by atoms with Gasteiger partial charge in [0.15, 0.2) is 0 Å². The second-order valence-corrected chi connectivity index (χ2v) is 9.51. The highest BCUT2D eigenvalue weighted by Gasteiger charge is 2.39. The molecule has 3 aromatic carbocycles. The molecule has 0 aromatic heterocycles. The molecule has 1 aliphatic rings. The molecular weight excluding hydrogens is 513 g/mol. The number of amides is 3. The summed E-state index contributed by atoms with van der Waals surface area (Å²) in [4.78, 5) is 39.5. The molecule has 7 nitrogen and oxygen atoms in total. The number of hydrogen-bond donors (Lipinski definition) is 2. The maximum atomic E-state index is 13.1. The Kier molecular flexibility index (Phi) is 7.86. The number of ether oxygens (including phenoxy) is 1. The zero-order valence-electron chi connectivity index (χ0n) is 20.5. The Balaban J connectivity index is 1.43. The molecule has 2 N–H and O–H groups in total. The lowest BCUT2D eigenvalue weighted by Crippen LogP contribution is -2.32. The minimum atomic E-state index is -0.630. The second kappa shape index (κ2) is 11.1. The Morgan fingerprint density at radius 2 is 1.65 bits per heavy atom. The highest BCUT2D eigenvalue weighted by Crippen LogP contribution is 2.34. The molecule has 0 radical (unpaired) electrons. The van der Waals surface area contributed by atoms with Crippen molar-refractivity contribution < 1.29 is 19.1 Å². The van der Waals surface area contributed by atoms with Gasteiger partial charge in [0, 0.05) is 10.7 Å². The maximum absolute atomic E-state index is 13.1. The summed E-state index contributed by atoms with van der Waals surface area (Å²) in [6, 6.07) is 19.2. The van der Waals surface area contributed by atoms with Gasteiger partial charge in [-0.15, -0.1) is 0 Å². The van der Waals surface area contributed by atoms with E-state index in [-0.39, 0.29) is 29.2 Å². The van der Waals surface area contributed by atoms with E-state index >= 15 is 0 Å². The Labute approximate surface area is 225 Å². The van der Waals surface area contributed by atoms with Gasteiger partial charge in [0.1, 0.15) is 16.5 Å². The number of para-hydroxylation sites is 2. The van der Waals surface area contributed by atoms with E-state index in [0.717, 1.165) is 10.5 Å². The largest absolute Gasteiger partial charge is 0.489 e. The van der Waals surface area contributed by atoms with Crippen molar-refractivity contribution in [1.82, 2.24) is 0 Å². The van der Waals surface area contributed by atoms with E-state index in [9.17, 15) is 14.4 Å². The number of nitrogens with zero attached hydrogens (tertiary/aromatic N) is 1. The minimum absolute atomic E-state index is 0.0228. The Bertz CT molecular complexity index is 1400. The smallest absolute Gasteiger partial charge is 0.283 e. The van der Waals surface area contributed by atoms with Crippen LogP contribution in [0.3, 0.4) is 0 Å². The van der Waals surface area contributed by atoms with Gasteiger partial charge in [-0.05, 0) is 68.3 Å². The van der Waals surface area contributed by atoms with Crippen molar-refractivity contribution in [3.63, 3.8) is 0 Å². The third kappa shape index (κ3) is 5.79. The number of halogens is 2. The topological polar surface area (TPSA) is 87.7 Å². The first-order chi connectivity index (χ1) is 17.7. The molecule has 0 unspecified atom stereocenters. The van der Waals surface area contributed by atoms with Crippen LogP contribution in [0.15, 0.2) is 77.5 Å². The molecule has 0 aliphatic carbocycles. The van der Waals surface area contributed by atoms with Crippen LogP contribution in [0.4, 0.5) is 17.1 Å². The van der Waals surface area contributed by atoms with E-state index in [2.05, 4.69) is 10.6 Å². The number of nitrogens with one attached hydrogen (secondary N) is 2. The van der Waals surface area contributed by atoms with E-state index < -0.39 is 11.8 Å². The molecule has 0 saturated heterocycles. The van der Waals surface area contributed by atoms with Gasteiger partial charge in [-0.25, -0.2) is 4.90 Å². The second-order valence-electron chi connectivity index (χ2n) is 8.73. The summed E-state index contributed by atoms with van der Waals surface area (Å²) in [7, 11) is 0. The number of anilines is 3. The van der Waals surface area contributed by atoms with Crippen molar-refractivity contribution in [2.24, 2.45) is 0 Å². The molecule has 1 aliphatic heterocycles. The van der Waals surface area contributed by atoms with Gasteiger partial charge in [0.05, 0.1) is 23.9 Å². The van der Waals surface area contributed by atoms with E-state index in [0.29, 0.717) is 33.4 Å². The number of carbonyl (C=O) groups is 3. The zero-order valence-corrected chi connectivity index (χ0v) is 22.0. The van der Waals surface area contributed by atoms with Gasteiger partial charge in [-0.1, -0.05) is 53.5 Å². The van der Waals surface area contributed by atoms with E-state index in [1.54, 1.807) is 61.5 Å². The van der Waals surface area contributed by atoms with Crippen molar-refractivity contribution in [3.05, 3.63) is 93.6 Å². The van der Waals surface area contributed by atoms with Crippen molar-refractivity contribution >= 4 is 58.0 Å². The highest BCUT2D eigenvalue weighted by molar-refractivity contribution is 6.53. The molecule has 0 fully saturated rings. The standard InChI is InChI=1S/C28H25Cl2N3O4/c1-16(2)37-23-10-5-4-8-21(23)32-24(34)15-18-11-13-19(14-12-18)31-26-25(30)27(35)33(28(26)36)22-9-6-7-20(29)17(22)3/h4-14,16,31H,15H2,1-3H3,(H,32,34). The molecule has 0 atom stereocenters. The van der Waals surface area contributed by atoms with Crippen LogP contribution in [0, 0.1) is 6.92 Å². The highest BCUT2D eigenvalue weighted by atomic mass is 35.5. The molecule has 3 aromatic rings. The van der Waals surface area contributed by atoms with Crippen molar-refractivity contribution in [1.29, 1.82) is 0 Å². The van der Waals surface area contributed by atoms with Gasteiger partial charge >= 0.3 is 0 Å². The Morgan fingerprint density at radius 1 is 0.946 bits per heavy atom. The molecule has 0 saturated carbocycles. The Morgan fingerprint density at radius 3 is 2.35 bits per heavy atom. The van der Waals surface area contributed by atoms with E-state index in [1.807, 2.05) is 26.0 Å². The van der Waals surface area contributed by atoms with Crippen LogP contribution in [0.25, 0.3) is 0 Å². The Hall–Kier alpha value is -3.81. The van der Waals surface area contributed by atoms with Crippen molar-refractivity contribution in [2.45, 2.75) is 33.3 Å². The summed E-state index contributed by atoms with van der Waals surface area (Å²) in [6.07, 6.45) is 0.115. The average molecular weight is 538 g/mol. The SMILES string of the molecule is Cc1c(Cl)cccc1N1C(=O)C(Cl)=C(Nc2ccc(CC(=O)Nc3ccccc3OC(C)C)cc2)C1=O. The zero-order chi connectivity index (χ0) is 26.7. The van der Waals surface area contributed by atoms with Gasteiger partial charge in [0.25, 0.3) is 11.8 Å². The molecule has 37 heavy (non-hydrogen) atoms. The summed E-state index contributed by atoms with van der Waals surface area (Å²) in [5, 5.41) is 6.04. The fourth-order valence-corrected chi connectivity index (χ4v) is 4.21. The van der Waals surface area contributed by atoms with Gasteiger partial charge < -0.3 is 15.4 Å². The third-order valence-electron chi connectivity index (χ3n) is 5.62. The lowest BCUT2D eigenvalue weighted by Gasteiger charge is -2.18. The quantitative estimate of drug-likeness (QED) is 0.341.